The molecule has 100 valence electrons. The highest BCUT2D eigenvalue weighted by Gasteiger charge is 2.29. The van der Waals surface area contributed by atoms with Crippen molar-refractivity contribution in [2.75, 3.05) is 0 Å². The third kappa shape index (κ3) is 5.97. The fraction of sp³-hybridized carbons (Fsp3) is 0.857. The van der Waals surface area contributed by atoms with E-state index in [0.717, 1.165) is 0 Å². The summed E-state index contributed by atoms with van der Waals surface area (Å²) in [5.41, 5.74) is -0.381. The lowest BCUT2D eigenvalue weighted by atomic mass is 9.85. The molecular formula is C14H27NO2. The molecule has 0 aromatic heterocycles. The van der Waals surface area contributed by atoms with Gasteiger partial charge in [-0.1, -0.05) is 48.5 Å². The van der Waals surface area contributed by atoms with Crippen LogP contribution in [0, 0.1) is 11.3 Å². The molecule has 0 spiro atoms. The Balaban J connectivity index is 4.72. The molecule has 0 fully saturated rings. The number of ketones is 2. The summed E-state index contributed by atoms with van der Waals surface area (Å²) in [4.78, 5) is 24.0. The Labute approximate surface area is 105 Å². The van der Waals surface area contributed by atoms with Crippen LogP contribution in [0.25, 0.3) is 0 Å². The Morgan fingerprint density at radius 1 is 1.06 bits per heavy atom. The molecule has 0 bridgehead atoms. The molecular weight excluding hydrogens is 214 g/mol. The average molecular weight is 241 g/mol. The summed E-state index contributed by atoms with van der Waals surface area (Å²) in [7, 11) is 0. The lowest BCUT2D eigenvalue weighted by Gasteiger charge is -2.25. The molecule has 17 heavy (non-hydrogen) atoms. The molecule has 0 heterocycles. The highest BCUT2D eigenvalue weighted by molar-refractivity contribution is 5.93. The van der Waals surface area contributed by atoms with Gasteiger partial charge in [0.05, 0.1) is 6.04 Å². The van der Waals surface area contributed by atoms with Gasteiger partial charge < -0.3 is 5.32 Å². The van der Waals surface area contributed by atoms with Crippen LogP contribution in [0.3, 0.4) is 0 Å². The van der Waals surface area contributed by atoms with Crippen molar-refractivity contribution in [1.82, 2.24) is 5.32 Å². The number of carbonyl (C=O) groups excluding carboxylic acids is 2. The first-order valence-corrected chi connectivity index (χ1v) is 6.38. The van der Waals surface area contributed by atoms with E-state index in [9.17, 15) is 9.59 Å². The first kappa shape index (κ1) is 16.3. The topological polar surface area (TPSA) is 46.2 Å². The van der Waals surface area contributed by atoms with Gasteiger partial charge in [0.25, 0.3) is 0 Å². The molecule has 0 rings (SSSR count). The lowest BCUT2D eigenvalue weighted by molar-refractivity contribution is -0.131. The first-order chi connectivity index (χ1) is 7.55. The predicted molar refractivity (Wildman–Crippen MR) is 71.0 cm³/mol. The maximum absolute atomic E-state index is 12.0. The summed E-state index contributed by atoms with van der Waals surface area (Å²) in [5.74, 6) is 0.208. The Hall–Kier alpha value is -0.700. The Morgan fingerprint density at radius 2 is 1.53 bits per heavy atom. The number of hydrogen-bond acceptors (Lipinski definition) is 3. The largest absolute Gasteiger partial charge is 0.305 e. The third-order valence-electron chi connectivity index (χ3n) is 2.67. The second-order valence-electron chi connectivity index (χ2n) is 6.31. The van der Waals surface area contributed by atoms with Crippen molar-refractivity contribution < 1.29 is 9.59 Å². The monoisotopic (exact) mass is 241 g/mol. The Bertz CT molecular complexity index is 274. The molecule has 3 heteroatoms. The SMILES string of the molecule is CC(C)NC(CC(=O)C(C)(C)C)C(=O)C(C)C. The summed E-state index contributed by atoms with van der Waals surface area (Å²) in [6.45, 7) is 13.4. The summed E-state index contributed by atoms with van der Waals surface area (Å²) in [5, 5.41) is 3.19. The average Bonchev–Trinajstić information content (AvgIpc) is 2.12. The molecule has 0 aromatic carbocycles. The van der Waals surface area contributed by atoms with Gasteiger partial charge in [-0.05, 0) is 0 Å². The van der Waals surface area contributed by atoms with Crippen LogP contribution in [0.15, 0.2) is 0 Å². The molecule has 0 aliphatic rings. The van der Waals surface area contributed by atoms with Crippen molar-refractivity contribution in [3.05, 3.63) is 0 Å². The van der Waals surface area contributed by atoms with E-state index in [4.69, 9.17) is 0 Å². The van der Waals surface area contributed by atoms with Gasteiger partial charge in [0.15, 0.2) is 5.78 Å². The summed E-state index contributed by atoms with van der Waals surface area (Å²) in [6, 6.07) is -0.141. The van der Waals surface area contributed by atoms with E-state index in [0.29, 0.717) is 6.42 Å². The fourth-order valence-electron chi connectivity index (χ4n) is 1.54. The molecule has 0 aromatic rings. The van der Waals surface area contributed by atoms with Gasteiger partial charge in [-0.2, -0.15) is 0 Å². The highest BCUT2D eigenvalue weighted by atomic mass is 16.1. The molecule has 1 atom stereocenters. The minimum atomic E-state index is -0.381. The lowest BCUT2D eigenvalue weighted by Crippen LogP contribution is -2.45. The van der Waals surface area contributed by atoms with Crippen LogP contribution in [0.1, 0.15) is 54.9 Å². The zero-order valence-electron chi connectivity index (χ0n) is 12.3. The molecule has 0 aliphatic heterocycles. The Kier molecular flexibility index (Phi) is 6.03. The van der Waals surface area contributed by atoms with Crippen LogP contribution in [-0.4, -0.2) is 23.7 Å². The molecule has 0 amide bonds. The molecule has 1 unspecified atom stereocenters. The zero-order valence-corrected chi connectivity index (χ0v) is 12.3. The van der Waals surface area contributed by atoms with Gasteiger partial charge in [0.2, 0.25) is 0 Å². The molecule has 0 radical (unpaired) electrons. The molecule has 3 nitrogen and oxygen atoms in total. The fourth-order valence-corrected chi connectivity index (χ4v) is 1.54. The standard InChI is InChI=1S/C14H27NO2/c1-9(2)13(17)11(15-10(3)4)8-12(16)14(5,6)7/h9-11,15H,8H2,1-7H3. The summed E-state index contributed by atoms with van der Waals surface area (Å²) >= 11 is 0. The van der Waals surface area contributed by atoms with Crippen molar-refractivity contribution in [2.24, 2.45) is 11.3 Å². The number of hydrogen-bond donors (Lipinski definition) is 1. The van der Waals surface area contributed by atoms with Crippen LogP contribution in [0.5, 0.6) is 0 Å². The second kappa shape index (κ2) is 6.29. The summed E-state index contributed by atoms with van der Waals surface area (Å²) in [6.07, 6.45) is 0.290. The van der Waals surface area contributed by atoms with Gasteiger partial charge >= 0.3 is 0 Å². The predicted octanol–water partition coefficient (Wildman–Crippen LogP) is 2.58. The minimum Gasteiger partial charge on any atom is -0.305 e. The van der Waals surface area contributed by atoms with Gasteiger partial charge in [0, 0.05) is 23.8 Å². The number of rotatable bonds is 6. The van der Waals surface area contributed by atoms with E-state index < -0.39 is 0 Å². The quantitative estimate of drug-likeness (QED) is 0.777. The van der Waals surface area contributed by atoms with Crippen LogP contribution >= 0.6 is 0 Å². The van der Waals surface area contributed by atoms with E-state index in [1.807, 2.05) is 48.5 Å². The van der Waals surface area contributed by atoms with E-state index in [1.165, 1.54) is 0 Å². The van der Waals surface area contributed by atoms with Crippen molar-refractivity contribution in [3.8, 4) is 0 Å². The van der Waals surface area contributed by atoms with Crippen LogP contribution in [-0.2, 0) is 9.59 Å². The molecule has 1 N–H and O–H groups in total. The van der Waals surface area contributed by atoms with E-state index in [2.05, 4.69) is 5.32 Å². The van der Waals surface area contributed by atoms with E-state index >= 15 is 0 Å². The molecule has 0 aliphatic carbocycles. The molecule has 0 saturated carbocycles. The maximum atomic E-state index is 12.0. The maximum Gasteiger partial charge on any atom is 0.152 e. The molecule has 0 saturated heterocycles. The smallest absolute Gasteiger partial charge is 0.152 e. The minimum absolute atomic E-state index is 0.0426. The van der Waals surface area contributed by atoms with Crippen LogP contribution in [0.2, 0.25) is 0 Å². The number of Topliss-reactive ketones (excluding diaryl/α,β-unsaturated/α-hetero) is 2. The third-order valence-corrected chi connectivity index (χ3v) is 2.67. The van der Waals surface area contributed by atoms with Gasteiger partial charge in [0.1, 0.15) is 5.78 Å². The van der Waals surface area contributed by atoms with E-state index in [-0.39, 0.29) is 35.0 Å². The van der Waals surface area contributed by atoms with Crippen molar-refractivity contribution >= 4 is 11.6 Å². The first-order valence-electron chi connectivity index (χ1n) is 6.38. The van der Waals surface area contributed by atoms with E-state index in [1.54, 1.807) is 0 Å². The van der Waals surface area contributed by atoms with Crippen LogP contribution < -0.4 is 5.32 Å². The van der Waals surface area contributed by atoms with Crippen molar-refractivity contribution in [2.45, 2.75) is 67.0 Å². The van der Waals surface area contributed by atoms with Crippen molar-refractivity contribution in [1.29, 1.82) is 0 Å². The number of carbonyl (C=O) groups is 2. The second-order valence-corrected chi connectivity index (χ2v) is 6.31. The van der Waals surface area contributed by atoms with Gasteiger partial charge in [-0.3, -0.25) is 9.59 Å². The summed E-state index contributed by atoms with van der Waals surface area (Å²) < 4.78 is 0. The van der Waals surface area contributed by atoms with Crippen LogP contribution in [0.4, 0.5) is 0 Å². The van der Waals surface area contributed by atoms with Gasteiger partial charge in [-0.15, -0.1) is 0 Å². The number of nitrogens with one attached hydrogen (secondary N) is 1. The highest BCUT2D eigenvalue weighted by Crippen LogP contribution is 2.19. The Morgan fingerprint density at radius 3 is 1.82 bits per heavy atom. The normalized spacial score (nSPS) is 14.2. The zero-order chi connectivity index (χ0) is 13.8. The van der Waals surface area contributed by atoms with Crippen molar-refractivity contribution in [3.63, 3.8) is 0 Å². The van der Waals surface area contributed by atoms with Gasteiger partial charge in [-0.25, -0.2) is 0 Å².